The van der Waals surface area contributed by atoms with E-state index >= 15 is 0 Å². The lowest BCUT2D eigenvalue weighted by molar-refractivity contribution is -0.117. The zero-order chi connectivity index (χ0) is 19.3. The van der Waals surface area contributed by atoms with Gasteiger partial charge in [0.25, 0.3) is 0 Å². The molecule has 140 valence electrons. The average Bonchev–Trinajstić information content (AvgIpc) is 3.40. The Kier molecular flexibility index (Phi) is 3.79. The highest BCUT2D eigenvalue weighted by Crippen LogP contribution is 2.32. The zero-order valence-corrected chi connectivity index (χ0v) is 15.9. The van der Waals surface area contributed by atoms with Gasteiger partial charge in [0.15, 0.2) is 0 Å². The molecule has 2 N–H and O–H groups in total. The van der Waals surface area contributed by atoms with Crippen molar-refractivity contribution in [1.29, 1.82) is 0 Å². The first kappa shape index (κ1) is 16.7. The summed E-state index contributed by atoms with van der Waals surface area (Å²) in [4.78, 5) is 30.1. The predicted octanol–water partition coefficient (Wildman–Crippen LogP) is 4.36. The minimum Gasteiger partial charge on any atom is -0.342 e. The van der Waals surface area contributed by atoms with Gasteiger partial charge < -0.3 is 14.9 Å². The summed E-state index contributed by atoms with van der Waals surface area (Å²) in [6.07, 6.45) is 1.54. The second kappa shape index (κ2) is 6.34. The van der Waals surface area contributed by atoms with Crippen molar-refractivity contribution in [2.24, 2.45) is 0 Å². The van der Waals surface area contributed by atoms with E-state index in [2.05, 4.69) is 21.0 Å². The van der Waals surface area contributed by atoms with E-state index in [1.165, 1.54) is 0 Å². The van der Waals surface area contributed by atoms with Crippen molar-refractivity contribution in [2.45, 2.75) is 26.7 Å². The van der Waals surface area contributed by atoms with E-state index < -0.39 is 0 Å². The largest absolute Gasteiger partial charge is 0.342 e. The van der Waals surface area contributed by atoms with E-state index in [9.17, 15) is 4.79 Å². The first-order valence-corrected chi connectivity index (χ1v) is 9.53. The second-order valence-corrected chi connectivity index (χ2v) is 7.28. The van der Waals surface area contributed by atoms with Crippen LogP contribution in [-0.2, 0) is 4.79 Å². The van der Waals surface area contributed by atoms with E-state index in [-0.39, 0.29) is 5.91 Å². The van der Waals surface area contributed by atoms with Crippen LogP contribution in [0.1, 0.15) is 24.2 Å². The SMILES string of the molecule is Cc1nc(-c2ccccc2-c2nc3ccc(N4CCCC4=O)cc3[nH]2)[nH]c1C. The number of hydrogen-bond donors (Lipinski definition) is 2. The number of hydrogen-bond acceptors (Lipinski definition) is 3. The van der Waals surface area contributed by atoms with Crippen LogP contribution in [0.15, 0.2) is 42.5 Å². The maximum atomic E-state index is 12.1. The molecule has 1 aliphatic rings. The molecule has 6 nitrogen and oxygen atoms in total. The quantitative estimate of drug-likeness (QED) is 0.561. The molecule has 28 heavy (non-hydrogen) atoms. The number of nitrogens with zero attached hydrogens (tertiary/aromatic N) is 3. The van der Waals surface area contributed by atoms with Gasteiger partial charge in [0.2, 0.25) is 5.91 Å². The predicted molar refractivity (Wildman–Crippen MR) is 110 cm³/mol. The topological polar surface area (TPSA) is 77.7 Å². The summed E-state index contributed by atoms with van der Waals surface area (Å²) >= 11 is 0. The van der Waals surface area contributed by atoms with Crippen molar-refractivity contribution >= 4 is 22.6 Å². The number of H-pyrrole nitrogens is 2. The third-order valence-corrected chi connectivity index (χ3v) is 5.42. The lowest BCUT2D eigenvalue weighted by Crippen LogP contribution is -2.23. The number of nitrogens with one attached hydrogen (secondary N) is 2. The second-order valence-electron chi connectivity index (χ2n) is 7.28. The van der Waals surface area contributed by atoms with E-state index in [1.807, 2.05) is 55.1 Å². The van der Waals surface area contributed by atoms with Crippen LogP contribution in [0.25, 0.3) is 33.8 Å². The molecule has 4 aromatic rings. The van der Waals surface area contributed by atoms with Gasteiger partial charge in [0, 0.05) is 35.5 Å². The molecule has 0 saturated carbocycles. The molecule has 1 amide bonds. The third kappa shape index (κ3) is 2.69. The van der Waals surface area contributed by atoms with Gasteiger partial charge in [-0.3, -0.25) is 4.79 Å². The smallest absolute Gasteiger partial charge is 0.227 e. The zero-order valence-electron chi connectivity index (χ0n) is 15.9. The van der Waals surface area contributed by atoms with Crippen LogP contribution < -0.4 is 4.90 Å². The van der Waals surface area contributed by atoms with Gasteiger partial charge in [0.05, 0.1) is 16.7 Å². The lowest BCUT2D eigenvalue weighted by Gasteiger charge is -2.15. The number of aromatic nitrogens is 4. The molecule has 1 saturated heterocycles. The maximum absolute atomic E-state index is 12.1. The molecule has 2 aromatic heterocycles. The molecule has 3 heterocycles. The van der Waals surface area contributed by atoms with Gasteiger partial charge in [-0.15, -0.1) is 0 Å². The summed E-state index contributed by atoms with van der Waals surface area (Å²) < 4.78 is 0. The molecule has 2 aromatic carbocycles. The minimum absolute atomic E-state index is 0.188. The van der Waals surface area contributed by atoms with Gasteiger partial charge in [-0.2, -0.15) is 0 Å². The first-order valence-electron chi connectivity index (χ1n) is 9.53. The average molecular weight is 371 g/mol. The van der Waals surface area contributed by atoms with Crippen LogP contribution in [0.2, 0.25) is 0 Å². The number of imidazole rings is 2. The molecule has 5 rings (SSSR count). The summed E-state index contributed by atoms with van der Waals surface area (Å²) in [6, 6.07) is 14.1. The van der Waals surface area contributed by atoms with Gasteiger partial charge in [-0.05, 0) is 38.5 Å². The molecular formula is C22H21N5O. The fourth-order valence-corrected chi connectivity index (χ4v) is 3.79. The van der Waals surface area contributed by atoms with E-state index in [4.69, 9.17) is 4.98 Å². The van der Waals surface area contributed by atoms with E-state index in [0.29, 0.717) is 6.42 Å². The van der Waals surface area contributed by atoms with Crippen molar-refractivity contribution in [3.8, 4) is 22.8 Å². The van der Waals surface area contributed by atoms with Crippen LogP contribution in [0, 0.1) is 13.8 Å². The van der Waals surface area contributed by atoms with Crippen LogP contribution >= 0.6 is 0 Å². The maximum Gasteiger partial charge on any atom is 0.227 e. The van der Waals surface area contributed by atoms with Gasteiger partial charge in [-0.1, -0.05) is 24.3 Å². The molecule has 0 bridgehead atoms. The van der Waals surface area contributed by atoms with Crippen molar-refractivity contribution in [2.75, 3.05) is 11.4 Å². The van der Waals surface area contributed by atoms with Gasteiger partial charge >= 0.3 is 0 Å². The number of anilines is 1. The molecule has 0 radical (unpaired) electrons. The van der Waals surface area contributed by atoms with Crippen molar-refractivity contribution in [3.05, 3.63) is 53.9 Å². The Bertz CT molecular complexity index is 1180. The molecular weight excluding hydrogens is 350 g/mol. The standard InChI is InChI=1S/C22H21N5O/c1-13-14(2)24-21(23-13)16-6-3-4-7-17(16)22-25-18-10-9-15(12-19(18)26-22)27-11-5-8-20(27)28/h3-4,6-7,9-10,12H,5,8,11H2,1-2H3,(H,23,24)(H,25,26). The molecule has 0 atom stereocenters. The molecule has 6 heteroatoms. The van der Waals surface area contributed by atoms with Gasteiger partial charge in [0.1, 0.15) is 11.6 Å². The minimum atomic E-state index is 0.188. The molecule has 0 spiro atoms. The van der Waals surface area contributed by atoms with E-state index in [1.54, 1.807) is 0 Å². The molecule has 0 aliphatic carbocycles. The number of aryl methyl sites for hydroxylation is 2. The van der Waals surface area contributed by atoms with E-state index in [0.717, 1.165) is 63.8 Å². The normalized spacial score (nSPS) is 14.4. The Morgan fingerprint density at radius 2 is 1.71 bits per heavy atom. The summed E-state index contributed by atoms with van der Waals surface area (Å²) in [5.41, 5.74) is 6.79. The van der Waals surface area contributed by atoms with Crippen LogP contribution in [0.5, 0.6) is 0 Å². The number of aromatic amines is 2. The summed E-state index contributed by atoms with van der Waals surface area (Å²) in [7, 11) is 0. The highest BCUT2D eigenvalue weighted by Gasteiger charge is 2.22. The summed E-state index contributed by atoms with van der Waals surface area (Å²) in [6.45, 7) is 4.81. The van der Waals surface area contributed by atoms with Crippen LogP contribution in [0.3, 0.4) is 0 Å². The van der Waals surface area contributed by atoms with Crippen molar-refractivity contribution in [3.63, 3.8) is 0 Å². The Morgan fingerprint density at radius 3 is 2.36 bits per heavy atom. The molecule has 1 fully saturated rings. The fraction of sp³-hybridized carbons (Fsp3) is 0.227. The number of benzene rings is 2. The highest BCUT2D eigenvalue weighted by atomic mass is 16.2. The number of carbonyl (C=O) groups is 1. The molecule has 0 unspecified atom stereocenters. The van der Waals surface area contributed by atoms with Gasteiger partial charge in [-0.25, -0.2) is 9.97 Å². The third-order valence-electron chi connectivity index (χ3n) is 5.42. The monoisotopic (exact) mass is 371 g/mol. The summed E-state index contributed by atoms with van der Waals surface area (Å²) in [5.74, 6) is 1.82. The number of carbonyl (C=O) groups excluding carboxylic acids is 1. The number of amides is 1. The Balaban J connectivity index is 1.59. The molecule has 1 aliphatic heterocycles. The van der Waals surface area contributed by atoms with Crippen molar-refractivity contribution in [1.82, 2.24) is 19.9 Å². The van der Waals surface area contributed by atoms with Crippen molar-refractivity contribution < 1.29 is 4.79 Å². The Morgan fingerprint density at radius 1 is 0.964 bits per heavy atom. The first-order chi connectivity index (χ1) is 13.6. The Labute approximate surface area is 162 Å². The fourth-order valence-electron chi connectivity index (χ4n) is 3.79. The highest BCUT2D eigenvalue weighted by molar-refractivity contribution is 5.97. The number of fused-ring (bicyclic) bond motifs is 1. The van der Waals surface area contributed by atoms with Crippen LogP contribution in [0.4, 0.5) is 5.69 Å². The lowest BCUT2D eigenvalue weighted by atomic mass is 10.1. The van der Waals surface area contributed by atoms with Crippen LogP contribution in [-0.4, -0.2) is 32.4 Å². The summed E-state index contributed by atoms with van der Waals surface area (Å²) in [5, 5.41) is 0. The number of rotatable bonds is 3. The Hall–Kier alpha value is -3.41.